The lowest BCUT2D eigenvalue weighted by Gasteiger charge is -2.36. The number of carbonyl (C=O) groups is 2. The first-order chi connectivity index (χ1) is 14.5. The fraction of sp³-hybridized carbons (Fsp3) is 0.440. The maximum absolute atomic E-state index is 13.0. The summed E-state index contributed by atoms with van der Waals surface area (Å²) in [7, 11) is 1.66. The molecule has 2 amide bonds. The Balaban J connectivity index is 1.59. The Bertz CT molecular complexity index is 861. The summed E-state index contributed by atoms with van der Waals surface area (Å²) < 4.78 is 5.18. The second kappa shape index (κ2) is 10.3. The SMILES string of the molecule is COc1ccc(CCCNC(=O)C2Cc3ccccc3CN2C(=O)CC(C)C)cc1. The largest absolute Gasteiger partial charge is 0.497 e. The Morgan fingerprint density at radius 3 is 2.47 bits per heavy atom. The zero-order valence-electron chi connectivity index (χ0n) is 18.2. The molecule has 5 nitrogen and oxygen atoms in total. The molecule has 0 fully saturated rings. The van der Waals surface area contributed by atoms with Gasteiger partial charge in [-0.3, -0.25) is 9.59 Å². The monoisotopic (exact) mass is 408 g/mol. The van der Waals surface area contributed by atoms with Gasteiger partial charge in [-0.15, -0.1) is 0 Å². The predicted molar refractivity (Wildman–Crippen MR) is 118 cm³/mol. The van der Waals surface area contributed by atoms with Gasteiger partial charge in [0.15, 0.2) is 0 Å². The van der Waals surface area contributed by atoms with Crippen molar-refractivity contribution >= 4 is 11.8 Å². The van der Waals surface area contributed by atoms with Crippen molar-refractivity contribution in [3.8, 4) is 5.75 Å². The van der Waals surface area contributed by atoms with Crippen LogP contribution in [-0.2, 0) is 29.0 Å². The molecular weight excluding hydrogens is 376 g/mol. The Morgan fingerprint density at radius 2 is 1.80 bits per heavy atom. The number of aryl methyl sites for hydroxylation is 1. The van der Waals surface area contributed by atoms with Crippen LogP contribution in [0.5, 0.6) is 5.75 Å². The van der Waals surface area contributed by atoms with Crippen LogP contribution in [0.3, 0.4) is 0 Å². The van der Waals surface area contributed by atoms with E-state index in [1.807, 2.05) is 56.3 Å². The molecule has 1 N–H and O–H groups in total. The maximum Gasteiger partial charge on any atom is 0.243 e. The van der Waals surface area contributed by atoms with Crippen LogP contribution in [0.4, 0.5) is 0 Å². The topological polar surface area (TPSA) is 58.6 Å². The van der Waals surface area contributed by atoms with Crippen LogP contribution >= 0.6 is 0 Å². The molecule has 1 atom stereocenters. The Kier molecular flexibility index (Phi) is 7.50. The molecule has 1 aliphatic rings. The normalized spacial score (nSPS) is 15.6. The first-order valence-electron chi connectivity index (χ1n) is 10.7. The highest BCUT2D eigenvalue weighted by molar-refractivity contribution is 5.88. The van der Waals surface area contributed by atoms with Crippen LogP contribution in [0.15, 0.2) is 48.5 Å². The highest BCUT2D eigenvalue weighted by Gasteiger charge is 2.34. The Hall–Kier alpha value is -2.82. The van der Waals surface area contributed by atoms with Gasteiger partial charge in [0.25, 0.3) is 0 Å². The standard InChI is InChI=1S/C25H32N2O3/c1-18(2)15-24(28)27-17-21-9-5-4-8-20(21)16-23(27)25(29)26-14-6-7-19-10-12-22(30-3)13-11-19/h4-5,8-13,18,23H,6-7,14-17H2,1-3H3,(H,26,29). The molecule has 0 saturated carbocycles. The molecule has 5 heteroatoms. The number of carbonyl (C=O) groups excluding carboxylic acids is 2. The number of nitrogens with zero attached hydrogens (tertiary/aromatic N) is 1. The number of benzene rings is 2. The molecule has 0 radical (unpaired) electrons. The fourth-order valence-corrected chi connectivity index (χ4v) is 3.90. The highest BCUT2D eigenvalue weighted by atomic mass is 16.5. The summed E-state index contributed by atoms with van der Waals surface area (Å²) in [6.45, 7) is 5.16. The summed E-state index contributed by atoms with van der Waals surface area (Å²) in [5.41, 5.74) is 3.51. The second-order valence-electron chi connectivity index (χ2n) is 8.35. The van der Waals surface area contributed by atoms with Crippen LogP contribution in [0.25, 0.3) is 0 Å². The van der Waals surface area contributed by atoms with Crippen molar-refractivity contribution in [1.29, 1.82) is 0 Å². The van der Waals surface area contributed by atoms with E-state index in [1.165, 1.54) is 5.56 Å². The molecule has 2 aromatic carbocycles. The molecule has 1 heterocycles. The molecule has 160 valence electrons. The van der Waals surface area contributed by atoms with Crippen molar-refractivity contribution in [2.75, 3.05) is 13.7 Å². The molecular formula is C25H32N2O3. The molecule has 0 spiro atoms. The van der Waals surface area contributed by atoms with Crippen LogP contribution in [0, 0.1) is 5.92 Å². The second-order valence-corrected chi connectivity index (χ2v) is 8.35. The van der Waals surface area contributed by atoms with E-state index in [9.17, 15) is 9.59 Å². The summed E-state index contributed by atoms with van der Waals surface area (Å²) >= 11 is 0. The summed E-state index contributed by atoms with van der Waals surface area (Å²) in [6, 6.07) is 15.6. The third-order valence-electron chi connectivity index (χ3n) is 5.55. The fourth-order valence-electron chi connectivity index (χ4n) is 3.90. The number of hydrogen-bond donors (Lipinski definition) is 1. The van der Waals surface area contributed by atoms with Crippen molar-refractivity contribution in [3.05, 3.63) is 65.2 Å². The first-order valence-corrected chi connectivity index (χ1v) is 10.7. The van der Waals surface area contributed by atoms with Gasteiger partial charge in [-0.2, -0.15) is 0 Å². The van der Waals surface area contributed by atoms with E-state index in [1.54, 1.807) is 12.0 Å². The zero-order valence-corrected chi connectivity index (χ0v) is 18.2. The summed E-state index contributed by atoms with van der Waals surface area (Å²) in [5.74, 6) is 1.10. The number of nitrogens with one attached hydrogen (secondary N) is 1. The number of hydrogen-bond acceptors (Lipinski definition) is 3. The lowest BCUT2D eigenvalue weighted by Crippen LogP contribution is -2.52. The van der Waals surface area contributed by atoms with E-state index in [-0.39, 0.29) is 17.7 Å². The van der Waals surface area contributed by atoms with Gasteiger partial charge >= 0.3 is 0 Å². The minimum Gasteiger partial charge on any atom is -0.497 e. The minimum absolute atomic E-state index is 0.0536. The average Bonchev–Trinajstić information content (AvgIpc) is 2.75. The van der Waals surface area contributed by atoms with E-state index in [2.05, 4.69) is 11.4 Å². The molecule has 0 aromatic heterocycles. The Labute approximate surface area is 179 Å². The van der Waals surface area contributed by atoms with Gasteiger partial charge in [-0.05, 0) is 47.6 Å². The summed E-state index contributed by atoms with van der Waals surface area (Å²) in [6.07, 6.45) is 2.77. The Morgan fingerprint density at radius 1 is 1.10 bits per heavy atom. The third-order valence-corrected chi connectivity index (χ3v) is 5.55. The molecule has 0 saturated heterocycles. The van der Waals surface area contributed by atoms with Gasteiger partial charge in [0.05, 0.1) is 7.11 Å². The minimum atomic E-state index is -0.438. The molecule has 30 heavy (non-hydrogen) atoms. The molecule has 2 aromatic rings. The van der Waals surface area contributed by atoms with E-state index in [0.29, 0.717) is 25.9 Å². The lowest BCUT2D eigenvalue weighted by molar-refractivity contribution is -0.142. The number of methoxy groups -OCH3 is 1. The van der Waals surface area contributed by atoms with Crippen molar-refractivity contribution in [1.82, 2.24) is 10.2 Å². The van der Waals surface area contributed by atoms with E-state index in [4.69, 9.17) is 4.74 Å². The number of ether oxygens (including phenoxy) is 1. The number of amides is 2. The average molecular weight is 409 g/mol. The van der Waals surface area contributed by atoms with Gasteiger partial charge in [0.1, 0.15) is 11.8 Å². The van der Waals surface area contributed by atoms with Crippen LogP contribution in [-0.4, -0.2) is 36.4 Å². The van der Waals surface area contributed by atoms with E-state index >= 15 is 0 Å². The van der Waals surface area contributed by atoms with Gasteiger partial charge in [0.2, 0.25) is 11.8 Å². The predicted octanol–water partition coefficient (Wildman–Crippen LogP) is 3.74. The maximum atomic E-state index is 13.0. The smallest absolute Gasteiger partial charge is 0.243 e. The van der Waals surface area contributed by atoms with Gasteiger partial charge in [-0.1, -0.05) is 50.2 Å². The van der Waals surface area contributed by atoms with Crippen molar-refractivity contribution in [2.24, 2.45) is 5.92 Å². The van der Waals surface area contributed by atoms with Crippen molar-refractivity contribution < 1.29 is 14.3 Å². The molecule has 3 rings (SSSR count). The van der Waals surface area contributed by atoms with E-state index in [0.717, 1.165) is 29.7 Å². The molecule has 1 aliphatic heterocycles. The van der Waals surface area contributed by atoms with Gasteiger partial charge in [-0.25, -0.2) is 0 Å². The quantitative estimate of drug-likeness (QED) is 0.677. The highest BCUT2D eigenvalue weighted by Crippen LogP contribution is 2.25. The third kappa shape index (κ3) is 5.62. The summed E-state index contributed by atoms with van der Waals surface area (Å²) in [4.78, 5) is 27.6. The number of fused-ring (bicyclic) bond motifs is 1. The molecule has 0 bridgehead atoms. The summed E-state index contributed by atoms with van der Waals surface area (Å²) in [5, 5.41) is 3.06. The first kappa shape index (κ1) is 21.9. The van der Waals surface area contributed by atoms with E-state index < -0.39 is 6.04 Å². The van der Waals surface area contributed by atoms with Gasteiger partial charge in [0, 0.05) is 25.9 Å². The molecule has 0 aliphatic carbocycles. The van der Waals surface area contributed by atoms with Crippen LogP contribution < -0.4 is 10.1 Å². The zero-order chi connectivity index (χ0) is 21.5. The van der Waals surface area contributed by atoms with Crippen LogP contribution in [0.1, 0.15) is 43.4 Å². The van der Waals surface area contributed by atoms with Crippen molar-refractivity contribution in [2.45, 2.75) is 52.1 Å². The lowest BCUT2D eigenvalue weighted by atomic mass is 9.92. The van der Waals surface area contributed by atoms with Gasteiger partial charge < -0.3 is 15.0 Å². The molecule has 1 unspecified atom stereocenters. The number of rotatable bonds is 8. The van der Waals surface area contributed by atoms with Crippen molar-refractivity contribution in [3.63, 3.8) is 0 Å². The van der Waals surface area contributed by atoms with Crippen LogP contribution in [0.2, 0.25) is 0 Å².